The van der Waals surface area contributed by atoms with Crippen LogP contribution < -0.4 is 11.1 Å². The van der Waals surface area contributed by atoms with Crippen molar-refractivity contribution in [3.8, 4) is 0 Å². The maximum absolute atomic E-state index is 10.9. The molecule has 1 fully saturated rings. The van der Waals surface area contributed by atoms with E-state index in [1.54, 1.807) is 0 Å². The molecule has 0 saturated carbocycles. The van der Waals surface area contributed by atoms with Gasteiger partial charge in [-0.15, -0.1) is 11.3 Å². The number of amides is 1. The summed E-state index contributed by atoms with van der Waals surface area (Å²) in [6, 6.07) is 0.257. The van der Waals surface area contributed by atoms with Crippen molar-refractivity contribution in [2.24, 2.45) is 11.7 Å². The lowest BCUT2D eigenvalue weighted by atomic mass is 9.94. The van der Waals surface area contributed by atoms with Gasteiger partial charge < -0.3 is 11.1 Å². The van der Waals surface area contributed by atoms with Gasteiger partial charge in [-0.25, -0.2) is 4.98 Å². The van der Waals surface area contributed by atoms with E-state index in [9.17, 15) is 4.79 Å². The van der Waals surface area contributed by atoms with Crippen molar-refractivity contribution >= 4 is 22.4 Å². The lowest BCUT2D eigenvalue weighted by Gasteiger charge is -2.34. The molecule has 1 amide bonds. The summed E-state index contributed by atoms with van der Waals surface area (Å²) in [4.78, 5) is 17.6. The Morgan fingerprint density at radius 1 is 1.72 bits per heavy atom. The minimum atomic E-state index is -0.0790. The molecule has 0 bridgehead atoms. The number of thiazole rings is 1. The van der Waals surface area contributed by atoms with E-state index in [1.165, 1.54) is 18.3 Å². The highest BCUT2D eigenvalue weighted by Gasteiger charge is 2.23. The Hall–Kier alpha value is -0.980. The second-order valence-corrected chi connectivity index (χ2v) is 5.85. The zero-order chi connectivity index (χ0) is 13.1. The summed E-state index contributed by atoms with van der Waals surface area (Å²) in [6.07, 6.45) is 1.14. The summed E-state index contributed by atoms with van der Waals surface area (Å²) in [5.74, 6) is 0.524. The first-order chi connectivity index (χ1) is 8.54. The summed E-state index contributed by atoms with van der Waals surface area (Å²) < 4.78 is 0. The van der Waals surface area contributed by atoms with E-state index >= 15 is 0 Å². The van der Waals surface area contributed by atoms with E-state index in [0.717, 1.165) is 31.7 Å². The quantitative estimate of drug-likeness (QED) is 0.866. The fourth-order valence-electron chi connectivity index (χ4n) is 2.13. The van der Waals surface area contributed by atoms with Gasteiger partial charge in [-0.05, 0) is 18.9 Å². The second kappa shape index (κ2) is 5.77. The molecule has 0 aromatic carbocycles. The molecule has 2 atom stereocenters. The Kier molecular flexibility index (Phi) is 4.31. The van der Waals surface area contributed by atoms with Crippen LogP contribution in [0.1, 0.15) is 26.0 Å². The predicted molar refractivity (Wildman–Crippen MR) is 73.5 cm³/mol. The number of aromatic nitrogens is 1. The molecule has 3 N–H and O–H groups in total. The standard InChI is InChI=1S/C12H20N4OS/c1-8-3-4-16(6-11(8)13)5-10-7-18-12(15-10)14-9(2)17/h7-8,11H,3-6,13H2,1-2H3,(H,14,15,17). The molecule has 1 saturated heterocycles. The third-order valence-corrected chi connectivity index (χ3v) is 4.13. The maximum atomic E-state index is 10.9. The van der Waals surface area contributed by atoms with E-state index < -0.39 is 0 Å². The van der Waals surface area contributed by atoms with Crippen LogP contribution in [-0.4, -0.2) is 34.9 Å². The van der Waals surface area contributed by atoms with Gasteiger partial charge in [0, 0.05) is 31.4 Å². The molecule has 1 aromatic heterocycles. The fourth-order valence-corrected chi connectivity index (χ4v) is 2.88. The number of carbonyl (C=O) groups is 1. The van der Waals surface area contributed by atoms with Crippen LogP contribution in [0.3, 0.4) is 0 Å². The third-order valence-electron chi connectivity index (χ3n) is 3.32. The van der Waals surface area contributed by atoms with E-state index in [2.05, 4.69) is 22.1 Å². The summed E-state index contributed by atoms with van der Waals surface area (Å²) in [6.45, 7) is 6.51. The van der Waals surface area contributed by atoms with Crippen molar-refractivity contribution in [2.75, 3.05) is 18.4 Å². The van der Waals surface area contributed by atoms with Crippen LogP contribution in [-0.2, 0) is 11.3 Å². The van der Waals surface area contributed by atoms with Gasteiger partial charge in [-0.1, -0.05) is 6.92 Å². The molecule has 100 valence electrons. The predicted octanol–water partition coefficient (Wildman–Crippen LogP) is 1.27. The van der Waals surface area contributed by atoms with Crippen molar-refractivity contribution in [1.29, 1.82) is 0 Å². The normalized spacial score (nSPS) is 25.1. The average Bonchev–Trinajstić information content (AvgIpc) is 2.70. The van der Waals surface area contributed by atoms with E-state index in [1.807, 2.05) is 5.38 Å². The monoisotopic (exact) mass is 268 g/mol. The maximum Gasteiger partial charge on any atom is 0.223 e. The SMILES string of the molecule is CC(=O)Nc1nc(CN2CCC(C)C(N)C2)cs1. The Labute approximate surface area is 111 Å². The Morgan fingerprint density at radius 3 is 3.17 bits per heavy atom. The van der Waals surface area contributed by atoms with Crippen molar-refractivity contribution in [1.82, 2.24) is 9.88 Å². The number of piperidine rings is 1. The number of nitrogens with two attached hydrogens (primary N) is 1. The molecule has 0 radical (unpaired) electrons. The van der Waals surface area contributed by atoms with Gasteiger partial charge in [0.05, 0.1) is 5.69 Å². The highest BCUT2D eigenvalue weighted by Crippen LogP contribution is 2.20. The summed E-state index contributed by atoms with van der Waals surface area (Å²) >= 11 is 1.47. The van der Waals surface area contributed by atoms with Crippen molar-refractivity contribution < 1.29 is 4.79 Å². The number of likely N-dealkylation sites (tertiary alicyclic amines) is 1. The van der Waals surface area contributed by atoms with Gasteiger partial charge in [0.2, 0.25) is 5.91 Å². The van der Waals surface area contributed by atoms with Crippen molar-refractivity contribution in [3.05, 3.63) is 11.1 Å². The molecule has 2 heterocycles. The summed E-state index contributed by atoms with van der Waals surface area (Å²) in [7, 11) is 0. The van der Waals surface area contributed by atoms with Gasteiger partial charge in [0.25, 0.3) is 0 Å². The second-order valence-electron chi connectivity index (χ2n) is 4.99. The minimum absolute atomic E-state index is 0.0790. The zero-order valence-corrected chi connectivity index (χ0v) is 11.7. The number of nitrogens with zero attached hydrogens (tertiary/aromatic N) is 2. The molecule has 6 heteroatoms. The topological polar surface area (TPSA) is 71.2 Å². The van der Waals surface area contributed by atoms with Crippen LogP contribution in [0.5, 0.6) is 0 Å². The number of anilines is 1. The molecular formula is C12H20N4OS. The van der Waals surface area contributed by atoms with E-state index in [0.29, 0.717) is 11.0 Å². The highest BCUT2D eigenvalue weighted by atomic mass is 32.1. The van der Waals surface area contributed by atoms with Crippen LogP contribution in [0.15, 0.2) is 5.38 Å². The van der Waals surface area contributed by atoms with Crippen LogP contribution in [0, 0.1) is 5.92 Å². The first-order valence-electron chi connectivity index (χ1n) is 6.24. The Balaban J connectivity index is 1.89. The summed E-state index contributed by atoms with van der Waals surface area (Å²) in [5.41, 5.74) is 7.08. The third kappa shape index (κ3) is 3.51. The van der Waals surface area contributed by atoms with Gasteiger partial charge in [0.15, 0.2) is 5.13 Å². The van der Waals surface area contributed by atoms with E-state index in [-0.39, 0.29) is 11.9 Å². The molecule has 18 heavy (non-hydrogen) atoms. The lowest BCUT2D eigenvalue weighted by molar-refractivity contribution is -0.114. The first kappa shape index (κ1) is 13.5. The molecule has 1 aliphatic rings. The number of rotatable bonds is 3. The van der Waals surface area contributed by atoms with E-state index in [4.69, 9.17) is 5.73 Å². The molecule has 1 aliphatic heterocycles. The number of hydrogen-bond donors (Lipinski definition) is 2. The Bertz CT molecular complexity index is 420. The fraction of sp³-hybridized carbons (Fsp3) is 0.667. The molecule has 2 unspecified atom stereocenters. The van der Waals surface area contributed by atoms with Gasteiger partial charge in [-0.3, -0.25) is 9.69 Å². The number of hydrogen-bond acceptors (Lipinski definition) is 5. The summed E-state index contributed by atoms with van der Waals surface area (Å²) in [5, 5.41) is 5.37. The van der Waals surface area contributed by atoms with Crippen LogP contribution >= 0.6 is 11.3 Å². The average molecular weight is 268 g/mol. The smallest absolute Gasteiger partial charge is 0.223 e. The number of nitrogens with one attached hydrogen (secondary N) is 1. The highest BCUT2D eigenvalue weighted by molar-refractivity contribution is 7.13. The van der Waals surface area contributed by atoms with Gasteiger partial charge in [0.1, 0.15) is 0 Å². The van der Waals surface area contributed by atoms with Gasteiger partial charge in [-0.2, -0.15) is 0 Å². The minimum Gasteiger partial charge on any atom is -0.326 e. The molecule has 1 aromatic rings. The molecule has 0 spiro atoms. The zero-order valence-electron chi connectivity index (χ0n) is 10.8. The largest absolute Gasteiger partial charge is 0.326 e. The van der Waals surface area contributed by atoms with Crippen LogP contribution in [0.25, 0.3) is 0 Å². The van der Waals surface area contributed by atoms with Gasteiger partial charge >= 0.3 is 0 Å². The van der Waals surface area contributed by atoms with Crippen molar-refractivity contribution in [3.63, 3.8) is 0 Å². The molecule has 5 nitrogen and oxygen atoms in total. The lowest BCUT2D eigenvalue weighted by Crippen LogP contribution is -2.47. The Morgan fingerprint density at radius 2 is 2.50 bits per heavy atom. The molecule has 2 rings (SSSR count). The first-order valence-corrected chi connectivity index (χ1v) is 7.12. The molecule has 0 aliphatic carbocycles. The van der Waals surface area contributed by atoms with Crippen LogP contribution in [0.4, 0.5) is 5.13 Å². The van der Waals surface area contributed by atoms with Crippen LogP contribution in [0.2, 0.25) is 0 Å². The molecular weight excluding hydrogens is 248 g/mol. The van der Waals surface area contributed by atoms with Crippen molar-refractivity contribution in [2.45, 2.75) is 32.9 Å². The number of carbonyl (C=O) groups excluding carboxylic acids is 1.